The van der Waals surface area contributed by atoms with Crippen molar-refractivity contribution < 1.29 is 0 Å². The SMILES string of the molecule is Cc1nc(-c2ccccc2)nc2[nH]c(Cl)cc12. The van der Waals surface area contributed by atoms with Gasteiger partial charge in [-0.05, 0) is 13.0 Å². The molecule has 0 saturated carbocycles. The Labute approximate surface area is 103 Å². The van der Waals surface area contributed by atoms with Gasteiger partial charge in [-0.15, -0.1) is 0 Å². The number of nitrogens with zero attached hydrogens (tertiary/aromatic N) is 2. The topological polar surface area (TPSA) is 41.6 Å². The van der Waals surface area contributed by atoms with E-state index in [0.717, 1.165) is 22.3 Å². The first-order valence-corrected chi connectivity index (χ1v) is 5.70. The minimum atomic E-state index is 0.586. The van der Waals surface area contributed by atoms with E-state index < -0.39 is 0 Å². The van der Waals surface area contributed by atoms with Crippen LogP contribution < -0.4 is 0 Å². The molecular formula is C13H10ClN3. The van der Waals surface area contributed by atoms with Crippen molar-refractivity contribution in [3.8, 4) is 11.4 Å². The van der Waals surface area contributed by atoms with Crippen molar-refractivity contribution in [1.82, 2.24) is 15.0 Å². The molecule has 2 aromatic heterocycles. The number of halogens is 1. The normalized spacial score (nSPS) is 10.9. The van der Waals surface area contributed by atoms with E-state index in [4.69, 9.17) is 11.6 Å². The average Bonchev–Trinajstić information content (AvgIpc) is 2.71. The van der Waals surface area contributed by atoms with Gasteiger partial charge in [0.2, 0.25) is 0 Å². The highest BCUT2D eigenvalue weighted by Crippen LogP contribution is 2.23. The lowest BCUT2D eigenvalue weighted by Gasteiger charge is -2.02. The van der Waals surface area contributed by atoms with Crippen LogP contribution in [0.4, 0.5) is 0 Å². The maximum absolute atomic E-state index is 5.93. The highest BCUT2D eigenvalue weighted by Gasteiger charge is 2.08. The summed E-state index contributed by atoms with van der Waals surface area (Å²) in [5, 5.41) is 1.55. The van der Waals surface area contributed by atoms with Gasteiger partial charge in [-0.3, -0.25) is 0 Å². The number of aromatic nitrogens is 3. The summed E-state index contributed by atoms with van der Waals surface area (Å²) in [5.41, 5.74) is 2.71. The molecule has 1 aromatic carbocycles. The maximum atomic E-state index is 5.93. The molecule has 3 aromatic rings. The summed E-state index contributed by atoms with van der Waals surface area (Å²) in [5.74, 6) is 0.717. The van der Waals surface area contributed by atoms with Gasteiger partial charge in [-0.2, -0.15) is 0 Å². The number of rotatable bonds is 1. The second-order valence-corrected chi connectivity index (χ2v) is 4.29. The highest BCUT2D eigenvalue weighted by molar-refractivity contribution is 6.30. The van der Waals surface area contributed by atoms with Crippen molar-refractivity contribution in [2.75, 3.05) is 0 Å². The molecule has 0 fully saturated rings. The van der Waals surface area contributed by atoms with E-state index in [2.05, 4.69) is 15.0 Å². The van der Waals surface area contributed by atoms with Crippen LogP contribution in [0.2, 0.25) is 5.15 Å². The lowest BCUT2D eigenvalue weighted by molar-refractivity contribution is 1.15. The van der Waals surface area contributed by atoms with E-state index in [0.29, 0.717) is 11.0 Å². The van der Waals surface area contributed by atoms with Crippen molar-refractivity contribution in [2.24, 2.45) is 0 Å². The number of fused-ring (bicyclic) bond motifs is 1. The molecule has 0 amide bonds. The molecule has 0 aliphatic carbocycles. The lowest BCUT2D eigenvalue weighted by Crippen LogP contribution is -1.92. The molecule has 0 saturated heterocycles. The first-order valence-electron chi connectivity index (χ1n) is 5.32. The Morgan fingerprint density at radius 1 is 1.12 bits per heavy atom. The number of nitrogens with one attached hydrogen (secondary N) is 1. The van der Waals surface area contributed by atoms with Gasteiger partial charge >= 0.3 is 0 Å². The predicted octanol–water partition coefficient (Wildman–Crippen LogP) is 3.59. The summed E-state index contributed by atoms with van der Waals surface area (Å²) < 4.78 is 0. The van der Waals surface area contributed by atoms with E-state index >= 15 is 0 Å². The van der Waals surface area contributed by atoms with Gasteiger partial charge in [0.25, 0.3) is 0 Å². The number of hydrogen-bond acceptors (Lipinski definition) is 2. The van der Waals surface area contributed by atoms with Crippen LogP contribution in [-0.4, -0.2) is 15.0 Å². The summed E-state index contributed by atoms with van der Waals surface area (Å²) in [6.07, 6.45) is 0. The largest absolute Gasteiger partial charge is 0.330 e. The zero-order valence-corrected chi connectivity index (χ0v) is 9.99. The fourth-order valence-electron chi connectivity index (χ4n) is 1.84. The van der Waals surface area contributed by atoms with Crippen molar-refractivity contribution in [3.05, 3.63) is 47.2 Å². The molecule has 0 bridgehead atoms. The molecule has 0 aliphatic heterocycles. The average molecular weight is 244 g/mol. The van der Waals surface area contributed by atoms with Crippen LogP contribution in [0.5, 0.6) is 0 Å². The summed E-state index contributed by atoms with van der Waals surface area (Å²) >= 11 is 5.93. The van der Waals surface area contributed by atoms with Crippen molar-refractivity contribution in [2.45, 2.75) is 6.92 Å². The smallest absolute Gasteiger partial charge is 0.161 e. The molecule has 84 valence electrons. The van der Waals surface area contributed by atoms with Gasteiger partial charge in [0, 0.05) is 10.9 Å². The van der Waals surface area contributed by atoms with Gasteiger partial charge in [-0.1, -0.05) is 41.9 Å². The van der Waals surface area contributed by atoms with Crippen LogP contribution >= 0.6 is 11.6 Å². The summed E-state index contributed by atoms with van der Waals surface area (Å²) in [6, 6.07) is 11.7. The van der Waals surface area contributed by atoms with Gasteiger partial charge < -0.3 is 4.98 Å². The van der Waals surface area contributed by atoms with Crippen LogP contribution in [0.15, 0.2) is 36.4 Å². The number of hydrogen-bond donors (Lipinski definition) is 1. The Bertz CT molecular complexity index is 674. The lowest BCUT2D eigenvalue weighted by atomic mass is 10.2. The Morgan fingerprint density at radius 3 is 2.65 bits per heavy atom. The summed E-state index contributed by atoms with van der Waals surface area (Å²) in [7, 11) is 0. The van der Waals surface area contributed by atoms with Crippen LogP contribution in [0.1, 0.15) is 5.69 Å². The Hall–Kier alpha value is -1.87. The van der Waals surface area contributed by atoms with Gasteiger partial charge in [0.15, 0.2) is 5.82 Å². The Kier molecular flexibility index (Phi) is 2.34. The number of aryl methyl sites for hydroxylation is 1. The molecule has 3 nitrogen and oxygen atoms in total. The number of aromatic amines is 1. The minimum absolute atomic E-state index is 0.586. The molecule has 4 heteroatoms. The second kappa shape index (κ2) is 3.86. The maximum Gasteiger partial charge on any atom is 0.161 e. The molecule has 0 spiro atoms. The molecular weight excluding hydrogens is 234 g/mol. The van der Waals surface area contributed by atoms with Gasteiger partial charge in [-0.25, -0.2) is 9.97 Å². The first-order chi connectivity index (χ1) is 8.24. The fourth-order valence-corrected chi connectivity index (χ4v) is 2.04. The monoisotopic (exact) mass is 243 g/mol. The predicted molar refractivity (Wildman–Crippen MR) is 69.1 cm³/mol. The van der Waals surface area contributed by atoms with Gasteiger partial charge in [0.05, 0.1) is 5.69 Å². The molecule has 2 heterocycles. The van der Waals surface area contributed by atoms with Crippen LogP contribution in [0.25, 0.3) is 22.4 Å². The summed E-state index contributed by atoms with van der Waals surface area (Å²) in [6.45, 7) is 1.96. The van der Waals surface area contributed by atoms with Crippen LogP contribution in [0.3, 0.4) is 0 Å². The first kappa shape index (κ1) is 10.3. The third-order valence-corrected chi connectivity index (χ3v) is 2.88. The minimum Gasteiger partial charge on any atom is -0.330 e. The highest BCUT2D eigenvalue weighted by atomic mass is 35.5. The Balaban J connectivity index is 2.25. The zero-order chi connectivity index (χ0) is 11.8. The molecule has 0 aliphatic rings. The molecule has 17 heavy (non-hydrogen) atoms. The van der Waals surface area contributed by atoms with E-state index in [1.165, 1.54) is 0 Å². The summed E-state index contributed by atoms with van der Waals surface area (Å²) in [4.78, 5) is 12.0. The third-order valence-electron chi connectivity index (χ3n) is 2.68. The fraction of sp³-hybridized carbons (Fsp3) is 0.0769. The molecule has 0 unspecified atom stereocenters. The molecule has 1 N–H and O–H groups in total. The molecule has 0 atom stereocenters. The van der Waals surface area contributed by atoms with E-state index in [9.17, 15) is 0 Å². The van der Waals surface area contributed by atoms with Gasteiger partial charge in [0.1, 0.15) is 10.8 Å². The second-order valence-electron chi connectivity index (χ2n) is 3.88. The number of benzene rings is 1. The van der Waals surface area contributed by atoms with E-state index in [1.807, 2.05) is 43.3 Å². The van der Waals surface area contributed by atoms with Crippen molar-refractivity contribution >= 4 is 22.6 Å². The number of H-pyrrole nitrogens is 1. The zero-order valence-electron chi connectivity index (χ0n) is 9.24. The van der Waals surface area contributed by atoms with Crippen molar-refractivity contribution in [3.63, 3.8) is 0 Å². The van der Waals surface area contributed by atoms with Crippen molar-refractivity contribution in [1.29, 1.82) is 0 Å². The van der Waals surface area contributed by atoms with Crippen LogP contribution in [0, 0.1) is 6.92 Å². The van der Waals surface area contributed by atoms with E-state index in [1.54, 1.807) is 0 Å². The van der Waals surface area contributed by atoms with E-state index in [-0.39, 0.29) is 0 Å². The standard InChI is InChI=1S/C13H10ClN3/c1-8-10-7-11(14)16-13(10)17-12(15-8)9-5-3-2-4-6-9/h2-7H,1H3,(H,15,16,17). The third kappa shape index (κ3) is 1.78. The molecule has 0 radical (unpaired) electrons. The quantitative estimate of drug-likeness (QED) is 0.710. The molecule has 3 rings (SSSR count). The Morgan fingerprint density at radius 2 is 1.88 bits per heavy atom. The van der Waals surface area contributed by atoms with Crippen LogP contribution in [-0.2, 0) is 0 Å².